The molecule has 0 aliphatic carbocycles. The average Bonchev–Trinajstić information content (AvgIpc) is 2.61. The second-order valence-electron chi connectivity index (χ2n) is 5.85. The fraction of sp³-hybridized carbons (Fsp3) is 0.350. The Bertz CT molecular complexity index is 769. The molecule has 0 aromatic heterocycles. The van der Waals surface area contributed by atoms with Gasteiger partial charge in [-0.15, -0.1) is 0 Å². The molecule has 2 aromatic carbocycles. The Labute approximate surface area is 147 Å². The highest BCUT2D eigenvalue weighted by Gasteiger charge is 2.25. The van der Waals surface area contributed by atoms with Gasteiger partial charge in [0.15, 0.2) is 0 Å². The molecule has 2 aromatic rings. The van der Waals surface area contributed by atoms with Crippen LogP contribution in [0.4, 0.5) is 0 Å². The van der Waals surface area contributed by atoms with Crippen LogP contribution in [0, 0.1) is 0 Å². The summed E-state index contributed by atoms with van der Waals surface area (Å²) in [4.78, 5) is 11.2. The number of rotatable bonds is 5. The summed E-state index contributed by atoms with van der Waals surface area (Å²) in [5.41, 5.74) is 2.10. The number of methoxy groups -OCH3 is 1. The molecule has 0 radical (unpaired) electrons. The van der Waals surface area contributed by atoms with E-state index in [1.54, 1.807) is 19.2 Å². The third kappa shape index (κ3) is 3.87. The maximum atomic E-state index is 11.2. The van der Waals surface area contributed by atoms with Crippen LogP contribution in [0.5, 0.6) is 23.0 Å². The third-order valence-electron chi connectivity index (χ3n) is 4.11. The molecular weight excluding hydrogens is 320 g/mol. The first kappa shape index (κ1) is 17.1. The van der Waals surface area contributed by atoms with E-state index in [2.05, 4.69) is 0 Å². The number of fused-ring (bicyclic) bond motifs is 1. The highest BCUT2D eigenvalue weighted by molar-refractivity contribution is 5.69. The molecule has 0 N–H and O–H groups in total. The maximum absolute atomic E-state index is 11.2. The fourth-order valence-corrected chi connectivity index (χ4v) is 2.99. The third-order valence-corrected chi connectivity index (χ3v) is 4.11. The van der Waals surface area contributed by atoms with Crippen LogP contribution in [0.15, 0.2) is 36.4 Å². The molecule has 3 rings (SSSR count). The van der Waals surface area contributed by atoms with Crippen molar-refractivity contribution in [2.75, 3.05) is 13.7 Å². The van der Waals surface area contributed by atoms with Crippen LogP contribution in [0.25, 0.3) is 0 Å². The van der Waals surface area contributed by atoms with Crippen LogP contribution < -0.4 is 18.9 Å². The SMILES string of the molecule is CCOc1cc(OC)ccc1C1CCc2ccc(OC(C)=O)cc2O1. The van der Waals surface area contributed by atoms with Gasteiger partial charge in [-0.2, -0.15) is 0 Å². The summed E-state index contributed by atoms with van der Waals surface area (Å²) in [6.45, 7) is 3.90. The minimum absolute atomic E-state index is 0.118. The molecule has 5 nitrogen and oxygen atoms in total. The Morgan fingerprint density at radius 3 is 2.72 bits per heavy atom. The normalized spacial score (nSPS) is 15.7. The van der Waals surface area contributed by atoms with Crippen molar-refractivity contribution in [3.63, 3.8) is 0 Å². The summed E-state index contributed by atoms with van der Waals surface area (Å²) < 4.78 is 22.4. The summed E-state index contributed by atoms with van der Waals surface area (Å²) in [6.07, 6.45) is 1.62. The predicted octanol–water partition coefficient (Wildman–Crippen LogP) is 4.09. The van der Waals surface area contributed by atoms with E-state index in [0.717, 1.165) is 41.2 Å². The van der Waals surface area contributed by atoms with Crippen molar-refractivity contribution < 1.29 is 23.7 Å². The molecule has 132 valence electrons. The molecule has 1 aliphatic heterocycles. The van der Waals surface area contributed by atoms with Gasteiger partial charge in [-0.25, -0.2) is 0 Å². The number of ether oxygens (including phenoxy) is 4. The smallest absolute Gasteiger partial charge is 0.308 e. The quantitative estimate of drug-likeness (QED) is 0.605. The number of hydrogen-bond acceptors (Lipinski definition) is 5. The Morgan fingerprint density at radius 1 is 1.20 bits per heavy atom. The van der Waals surface area contributed by atoms with E-state index in [9.17, 15) is 4.79 Å². The van der Waals surface area contributed by atoms with Gasteiger partial charge in [-0.1, -0.05) is 6.07 Å². The highest BCUT2D eigenvalue weighted by atomic mass is 16.5. The standard InChI is InChI=1S/C20H22O5/c1-4-23-20-11-15(22-3)8-9-17(20)18-10-6-14-5-7-16(24-13(2)21)12-19(14)25-18/h5,7-9,11-12,18H,4,6,10H2,1-3H3. The Kier molecular flexibility index (Phi) is 5.12. The summed E-state index contributed by atoms with van der Waals surface area (Å²) >= 11 is 0. The van der Waals surface area contributed by atoms with Crippen molar-refractivity contribution in [3.05, 3.63) is 47.5 Å². The Hall–Kier alpha value is -2.69. The van der Waals surface area contributed by atoms with E-state index in [1.165, 1.54) is 6.92 Å². The first-order chi connectivity index (χ1) is 12.1. The van der Waals surface area contributed by atoms with Gasteiger partial charge in [-0.3, -0.25) is 4.79 Å². The van der Waals surface area contributed by atoms with E-state index in [1.807, 2.05) is 31.2 Å². The van der Waals surface area contributed by atoms with Gasteiger partial charge in [0, 0.05) is 24.6 Å². The molecule has 5 heteroatoms. The number of carbonyl (C=O) groups is 1. The lowest BCUT2D eigenvalue weighted by molar-refractivity contribution is -0.131. The van der Waals surface area contributed by atoms with Gasteiger partial charge in [-0.05, 0) is 43.5 Å². The first-order valence-electron chi connectivity index (χ1n) is 8.39. The molecule has 1 unspecified atom stereocenters. The van der Waals surface area contributed by atoms with Crippen LogP contribution in [-0.4, -0.2) is 19.7 Å². The zero-order chi connectivity index (χ0) is 17.8. The fourth-order valence-electron chi connectivity index (χ4n) is 2.99. The molecule has 0 saturated carbocycles. The molecule has 25 heavy (non-hydrogen) atoms. The topological polar surface area (TPSA) is 54.0 Å². The Morgan fingerprint density at radius 2 is 2.00 bits per heavy atom. The van der Waals surface area contributed by atoms with Crippen molar-refractivity contribution in [2.24, 2.45) is 0 Å². The van der Waals surface area contributed by atoms with E-state index in [-0.39, 0.29) is 12.1 Å². The predicted molar refractivity (Wildman–Crippen MR) is 93.6 cm³/mol. The number of benzene rings is 2. The van der Waals surface area contributed by atoms with Crippen molar-refractivity contribution in [2.45, 2.75) is 32.8 Å². The molecular formula is C20H22O5. The largest absolute Gasteiger partial charge is 0.497 e. The van der Waals surface area contributed by atoms with Gasteiger partial charge >= 0.3 is 5.97 Å². The van der Waals surface area contributed by atoms with Gasteiger partial charge in [0.2, 0.25) is 0 Å². The van der Waals surface area contributed by atoms with Crippen LogP contribution in [0.1, 0.15) is 37.5 Å². The maximum Gasteiger partial charge on any atom is 0.308 e. The van der Waals surface area contributed by atoms with Gasteiger partial charge in [0.1, 0.15) is 29.1 Å². The lowest BCUT2D eigenvalue weighted by atomic mass is 9.96. The van der Waals surface area contributed by atoms with Gasteiger partial charge in [0.25, 0.3) is 0 Å². The van der Waals surface area contributed by atoms with Crippen molar-refractivity contribution in [1.29, 1.82) is 0 Å². The van der Waals surface area contributed by atoms with Crippen LogP contribution >= 0.6 is 0 Å². The van der Waals surface area contributed by atoms with E-state index >= 15 is 0 Å². The lowest BCUT2D eigenvalue weighted by Gasteiger charge is -2.28. The summed E-state index contributed by atoms with van der Waals surface area (Å²) in [6, 6.07) is 11.3. The molecule has 1 aliphatic rings. The number of esters is 1. The molecule has 0 saturated heterocycles. The first-order valence-corrected chi connectivity index (χ1v) is 8.39. The second kappa shape index (κ2) is 7.47. The van der Waals surface area contributed by atoms with E-state index < -0.39 is 0 Å². The monoisotopic (exact) mass is 342 g/mol. The molecule has 1 heterocycles. The highest BCUT2D eigenvalue weighted by Crippen LogP contribution is 2.40. The molecule has 0 spiro atoms. The van der Waals surface area contributed by atoms with Gasteiger partial charge in [0.05, 0.1) is 13.7 Å². The summed E-state index contributed by atoms with van der Waals surface area (Å²) in [5.74, 6) is 2.41. The molecule has 0 amide bonds. The zero-order valence-corrected chi connectivity index (χ0v) is 14.7. The van der Waals surface area contributed by atoms with Crippen molar-refractivity contribution in [1.82, 2.24) is 0 Å². The van der Waals surface area contributed by atoms with Crippen LogP contribution in [-0.2, 0) is 11.2 Å². The Balaban J connectivity index is 1.88. The van der Waals surface area contributed by atoms with E-state index in [0.29, 0.717) is 12.4 Å². The molecule has 0 bridgehead atoms. The summed E-state index contributed by atoms with van der Waals surface area (Å²) in [5, 5.41) is 0. The average molecular weight is 342 g/mol. The molecule has 0 fully saturated rings. The van der Waals surface area contributed by atoms with Crippen LogP contribution in [0.3, 0.4) is 0 Å². The lowest BCUT2D eigenvalue weighted by Crippen LogP contribution is -2.16. The zero-order valence-electron chi connectivity index (χ0n) is 14.7. The van der Waals surface area contributed by atoms with Crippen molar-refractivity contribution in [3.8, 4) is 23.0 Å². The van der Waals surface area contributed by atoms with E-state index in [4.69, 9.17) is 18.9 Å². The van der Waals surface area contributed by atoms with Crippen molar-refractivity contribution >= 4 is 5.97 Å². The number of hydrogen-bond donors (Lipinski definition) is 0. The minimum atomic E-state index is -0.346. The van der Waals surface area contributed by atoms with Gasteiger partial charge < -0.3 is 18.9 Å². The van der Waals surface area contributed by atoms with Crippen LogP contribution in [0.2, 0.25) is 0 Å². The number of carbonyl (C=O) groups excluding carboxylic acids is 1. The molecule has 1 atom stereocenters. The second-order valence-corrected chi connectivity index (χ2v) is 5.85. The summed E-state index contributed by atoms with van der Waals surface area (Å²) in [7, 11) is 1.63. The minimum Gasteiger partial charge on any atom is -0.497 e. The number of aryl methyl sites for hydroxylation is 1.